The summed E-state index contributed by atoms with van der Waals surface area (Å²) in [5, 5.41) is 1.09. The van der Waals surface area contributed by atoms with Crippen LogP contribution in [-0.2, 0) is 11.3 Å². The van der Waals surface area contributed by atoms with Gasteiger partial charge in [-0.05, 0) is 48.6 Å². The molecule has 1 aromatic carbocycles. The summed E-state index contributed by atoms with van der Waals surface area (Å²) in [5.74, 6) is 0.464. The molecule has 0 spiro atoms. The molecule has 1 aliphatic heterocycles. The van der Waals surface area contributed by atoms with Crippen molar-refractivity contribution in [1.82, 2.24) is 19.5 Å². The fourth-order valence-corrected chi connectivity index (χ4v) is 3.81. The molecule has 27 heavy (non-hydrogen) atoms. The van der Waals surface area contributed by atoms with E-state index in [0.29, 0.717) is 18.1 Å². The van der Waals surface area contributed by atoms with E-state index in [1.807, 2.05) is 29.0 Å². The highest BCUT2D eigenvalue weighted by atomic mass is 16.5. The summed E-state index contributed by atoms with van der Waals surface area (Å²) in [5.41, 5.74) is 4.43. The summed E-state index contributed by atoms with van der Waals surface area (Å²) in [6.07, 6.45) is 5.59. The van der Waals surface area contributed by atoms with Gasteiger partial charge in [0, 0.05) is 43.1 Å². The molecule has 0 amide bonds. The van der Waals surface area contributed by atoms with Crippen molar-refractivity contribution in [1.29, 1.82) is 0 Å². The van der Waals surface area contributed by atoms with Crippen molar-refractivity contribution >= 4 is 22.1 Å². The van der Waals surface area contributed by atoms with E-state index >= 15 is 0 Å². The topological polar surface area (TPSA) is 72.8 Å². The van der Waals surface area contributed by atoms with Gasteiger partial charge in [-0.25, -0.2) is 9.78 Å². The van der Waals surface area contributed by atoms with E-state index in [2.05, 4.69) is 33.2 Å². The number of hydrogen-bond donors (Lipinski definition) is 1. The number of imidazole rings is 1. The fraction of sp³-hybridized carbons (Fsp3) is 0.286. The van der Waals surface area contributed by atoms with E-state index in [4.69, 9.17) is 4.74 Å². The third-order valence-electron chi connectivity index (χ3n) is 5.35. The van der Waals surface area contributed by atoms with Gasteiger partial charge < -0.3 is 4.74 Å². The Bertz CT molecular complexity index is 1170. The molecule has 136 valence electrons. The van der Waals surface area contributed by atoms with E-state index in [-0.39, 0.29) is 5.69 Å². The van der Waals surface area contributed by atoms with Crippen LogP contribution in [0.3, 0.4) is 0 Å². The summed E-state index contributed by atoms with van der Waals surface area (Å²) in [4.78, 5) is 24.2. The normalized spacial score (nSPS) is 15.6. The molecule has 0 aliphatic carbocycles. The molecule has 1 N–H and O–H groups in total. The summed E-state index contributed by atoms with van der Waals surface area (Å²) >= 11 is 0. The number of nitrogens with one attached hydrogen (secondary N) is 1. The molecule has 0 bridgehead atoms. The van der Waals surface area contributed by atoms with Gasteiger partial charge in [-0.15, -0.1) is 0 Å². The van der Waals surface area contributed by atoms with Gasteiger partial charge in [0.25, 0.3) is 0 Å². The van der Waals surface area contributed by atoms with Gasteiger partial charge in [0.05, 0.1) is 11.0 Å². The van der Waals surface area contributed by atoms with Crippen LogP contribution in [0.4, 0.5) is 0 Å². The summed E-state index contributed by atoms with van der Waals surface area (Å²) in [6, 6.07) is 12.2. The van der Waals surface area contributed by atoms with Gasteiger partial charge in [-0.2, -0.15) is 0 Å². The van der Waals surface area contributed by atoms with Crippen LogP contribution in [0.25, 0.3) is 33.2 Å². The predicted molar refractivity (Wildman–Crippen MR) is 105 cm³/mol. The van der Waals surface area contributed by atoms with Crippen LogP contribution in [0.15, 0.2) is 53.6 Å². The van der Waals surface area contributed by atoms with Gasteiger partial charge in [-0.1, -0.05) is 12.1 Å². The largest absolute Gasteiger partial charge is 0.381 e. The molecule has 0 saturated carbocycles. The van der Waals surface area contributed by atoms with Gasteiger partial charge in [-0.3, -0.25) is 14.5 Å². The van der Waals surface area contributed by atoms with Crippen LogP contribution >= 0.6 is 0 Å². The molecular weight excluding hydrogens is 340 g/mol. The molecule has 1 aliphatic rings. The Hall–Kier alpha value is -2.99. The third-order valence-corrected chi connectivity index (χ3v) is 5.35. The van der Waals surface area contributed by atoms with E-state index in [0.717, 1.165) is 53.6 Å². The minimum absolute atomic E-state index is 0.0937. The lowest BCUT2D eigenvalue weighted by atomic mass is 10.0. The van der Waals surface area contributed by atoms with Crippen molar-refractivity contribution in [2.75, 3.05) is 13.2 Å². The van der Waals surface area contributed by atoms with E-state index in [1.54, 1.807) is 6.20 Å². The number of nitrogens with zero attached hydrogens (tertiary/aromatic N) is 3. The van der Waals surface area contributed by atoms with Crippen molar-refractivity contribution in [3.05, 3.63) is 59.3 Å². The Morgan fingerprint density at radius 1 is 1.11 bits per heavy atom. The third kappa shape index (κ3) is 3.02. The lowest BCUT2D eigenvalue weighted by Gasteiger charge is -2.22. The summed E-state index contributed by atoms with van der Waals surface area (Å²) < 4.78 is 7.26. The second kappa shape index (κ2) is 6.63. The Morgan fingerprint density at radius 3 is 2.89 bits per heavy atom. The fourth-order valence-electron chi connectivity index (χ4n) is 3.81. The van der Waals surface area contributed by atoms with Gasteiger partial charge in [0.15, 0.2) is 5.65 Å². The van der Waals surface area contributed by atoms with Crippen LogP contribution < -0.4 is 5.69 Å². The highest BCUT2D eigenvalue weighted by Crippen LogP contribution is 2.26. The first-order chi connectivity index (χ1) is 13.3. The zero-order chi connectivity index (χ0) is 18.2. The Labute approximate surface area is 155 Å². The zero-order valence-electron chi connectivity index (χ0n) is 14.9. The molecule has 3 aromatic heterocycles. The molecule has 6 nitrogen and oxygen atoms in total. The lowest BCUT2D eigenvalue weighted by molar-refractivity contribution is 0.0613. The SMILES string of the molecule is O=c1[nH]c2ncc(-c3ccc4ncccc4c3)cc2n1CC1CCOCC1. The quantitative estimate of drug-likeness (QED) is 0.608. The minimum atomic E-state index is -0.0937. The Balaban J connectivity index is 1.57. The van der Waals surface area contributed by atoms with Crippen LogP contribution in [0.5, 0.6) is 0 Å². The predicted octanol–water partition coefficient (Wildman–Crippen LogP) is 3.37. The number of aromatic amines is 1. The number of fused-ring (bicyclic) bond motifs is 2. The first-order valence-corrected chi connectivity index (χ1v) is 9.29. The van der Waals surface area contributed by atoms with Crippen molar-refractivity contribution < 1.29 is 4.74 Å². The van der Waals surface area contributed by atoms with Crippen LogP contribution in [0, 0.1) is 5.92 Å². The summed E-state index contributed by atoms with van der Waals surface area (Å²) in [6.45, 7) is 2.25. The smallest absolute Gasteiger partial charge is 0.327 e. The number of aromatic nitrogens is 4. The standard InChI is InChI=1S/C21H20N4O2/c26-21-24-20-19(25(21)13-14-5-8-27-9-6-14)11-17(12-23-20)15-3-4-18-16(10-15)2-1-7-22-18/h1-4,7,10-12,14H,5-6,8-9,13H2,(H,23,24,26). The average molecular weight is 360 g/mol. The van der Waals surface area contributed by atoms with Crippen LogP contribution in [0.1, 0.15) is 12.8 Å². The molecule has 5 rings (SSSR count). The second-order valence-electron chi connectivity index (χ2n) is 7.10. The highest BCUT2D eigenvalue weighted by Gasteiger charge is 2.18. The van der Waals surface area contributed by atoms with E-state index in [1.165, 1.54) is 0 Å². The molecule has 4 heterocycles. The molecule has 0 atom stereocenters. The number of rotatable bonds is 3. The number of benzene rings is 1. The van der Waals surface area contributed by atoms with Gasteiger partial charge in [0.2, 0.25) is 0 Å². The molecular formula is C21H20N4O2. The number of ether oxygens (including phenoxy) is 1. The van der Waals surface area contributed by atoms with E-state index in [9.17, 15) is 4.79 Å². The minimum Gasteiger partial charge on any atom is -0.381 e. The average Bonchev–Trinajstić information content (AvgIpc) is 3.03. The maximum Gasteiger partial charge on any atom is 0.327 e. The zero-order valence-corrected chi connectivity index (χ0v) is 14.9. The van der Waals surface area contributed by atoms with Crippen molar-refractivity contribution in [2.24, 2.45) is 5.92 Å². The second-order valence-corrected chi connectivity index (χ2v) is 7.10. The van der Waals surface area contributed by atoms with Crippen LogP contribution in [-0.4, -0.2) is 32.7 Å². The molecule has 0 unspecified atom stereocenters. The van der Waals surface area contributed by atoms with Gasteiger partial charge in [0.1, 0.15) is 0 Å². The van der Waals surface area contributed by atoms with Crippen molar-refractivity contribution in [2.45, 2.75) is 19.4 Å². The maximum atomic E-state index is 12.5. The van der Waals surface area contributed by atoms with Gasteiger partial charge >= 0.3 is 5.69 Å². The summed E-state index contributed by atoms with van der Waals surface area (Å²) in [7, 11) is 0. The molecule has 6 heteroatoms. The van der Waals surface area contributed by atoms with Crippen molar-refractivity contribution in [3.63, 3.8) is 0 Å². The number of hydrogen-bond acceptors (Lipinski definition) is 4. The molecule has 0 radical (unpaired) electrons. The first kappa shape index (κ1) is 16.2. The maximum absolute atomic E-state index is 12.5. The molecule has 4 aromatic rings. The lowest BCUT2D eigenvalue weighted by Crippen LogP contribution is -2.25. The number of H-pyrrole nitrogens is 1. The Morgan fingerprint density at radius 2 is 2.00 bits per heavy atom. The van der Waals surface area contributed by atoms with E-state index < -0.39 is 0 Å². The Kier molecular flexibility index (Phi) is 3.98. The molecule has 1 fully saturated rings. The monoisotopic (exact) mass is 360 g/mol. The highest BCUT2D eigenvalue weighted by molar-refractivity contribution is 5.86. The number of pyridine rings is 2. The first-order valence-electron chi connectivity index (χ1n) is 9.29. The van der Waals surface area contributed by atoms with Crippen LogP contribution in [0.2, 0.25) is 0 Å². The van der Waals surface area contributed by atoms with Crippen molar-refractivity contribution in [3.8, 4) is 11.1 Å². The molecule has 1 saturated heterocycles.